The molecule has 0 aliphatic heterocycles. The van der Waals surface area contributed by atoms with Crippen molar-refractivity contribution in [2.75, 3.05) is 5.73 Å². The third-order valence-electron chi connectivity index (χ3n) is 3.73. The standard InChI is InChI=1S/C16H18N4/c1-10-6-4-5-7-13(10)12(3)20-15-14(19-16(20)17)9-8-11(2)18-15/h4-9,12H,1-3H3,(H2,17,19). The summed E-state index contributed by atoms with van der Waals surface area (Å²) in [6.07, 6.45) is 0. The van der Waals surface area contributed by atoms with Crippen molar-refractivity contribution in [3.63, 3.8) is 0 Å². The first kappa shape index (κ1) is 12.7. The molecule has 20 heavy (non-hydrogen) atoms. The van der Waals surface area contributed by atoms with Gasteiger partial charge in [-0.25, -0.2) is 9.97 Å². The summed E-state index contributed by atoms with van der Waals surface area (Å²) in [6, 6.07) is 12.4. The number of nitrogen functional groups attached to an aromatic ring is 1. The molecule has 0 aliphatic rings. The lowest BCUT2D eigenvalue weighted by Gasteiger charge is -2.18. The molecule has 1 aromatic carbocycles. The lowest BCUT2D eigenvalue weighted by atomic mass is 10.0. The van der Waals surface area contributed by atoms with Crippen LogP contribution in [-0.4, -0.2) is 14.5 Å². The number of hydrogen-bond donors (Lipinski definition) is 1. The van der Waals surface area contributed by atoms with E-state index in [0.29, 0.717) is 5.95 Å². The summed E-state index contributed by atoms with van der Waals surface area (Å²) < 4.78 is 2.00. The molecule has 4 heteroatoms. The maximum Gasteiger partial charge on any atom is 0.203 e. The minimum absolute atomic E-state index is 0.107. The highest BCUT2D eigenvalue weighted by molar-refractivity contribution is 5.74. The Hall–Kier alpha value is -2.36. The van der Waals surface area contributed by atoms with E-state index >= 15 is 0 Å². The zero-order valence-corrected chi connectivity index (χ0v) is 12.0. The van der Waals surface area contributed by atoms with Gasteiger partial charge in [-0.05, 0) is 44.0 Å². The molecule has 1 unspecified atom stereocenters. The largest absolute Gasteiger partial charge is 0.369 e. The van der Waals surface area contributed by atoms with Crippen LogP contribution in [0, 0.1) is 13.8 Å². The molecule has 0 aliphatic carbocycles. The quantitative estimate of drug-likeness (QED) is 0.774. The molecule has 0 amide bonds. The van der Waals surface area contributed by atoms with Gasteiger partial charge >= 0.3 is 0 Å². The van der Waals surface area contributed by atoms with Crippen LogP contribution in [0.5, 0.6) is 0 Å². The van der Waals surface area contributed by atoms with Crippen molar-refractivity contribution in [1.82, 2.24) is 14.5 Å². The molecule has 3 rings (SSSR count). The van der Waals surface area contributed by atoms with Gasteiger partial charge in [0.25, 0.3) is 0 Å². The average Bonchev–Trinajstić information content (AvgIpc) is 2.74. The van der Waals surface area contributed by atoms with Crippen molar-refractivity contribution in [2.24, 2.45) is 0 Å². The van der Waals surface area contributed by atoms with Gasteiger partial charge in [0.15, 0.2) is 5.65 Å². The number of benzene rings is 1. The van der Waals surface area contributed by atoms with Crippen LogP contribution in [0.3, 0.4) is 0 Å². The summed E-state index contributed by atoms with van der Waals surface area (Å²) in [7, 11) is 0. The van der Waals surface area contributed by atoms with Gasteiger partial charge in [0, 0.05) is 5.69 Å². The van der Waals surface area contributed by atoms with Gasteiger partial charge in [-0.3, -0.25) is 4.57 Å². The first-order valence-corrected chi connectivity index (χ1v) is 6.74. The van der Waals surface area contributed by atoms with Gasteiger partial charge in [0.1, 0.15) is 5.52 Å². The smallest absolute Gasteiger partial charge is 0.203 e. The lowest BCUT2D eigenvalue weighted by Crippen LogP contribution is -2.12. The molecule has 0 radical (unpaired) electrons. The normalized spacial score (nSPS) is 12.8. The van der Waals surface area contributed by atoms with E-state index in [-0.39, 0.29) is 6.04 Å². The second-order valence-electron chi connectivity index (χ2n) is 5.17. The number of imidazole rings is 1. The monoisotopic (exact) mass is 266 g/mol. The molecule has 4 nitrogen and oxygen atoms in total. The number of fused-ring (bicyclic) bond motifs is 1. The minimum atomic E-state index is 0.107. The van der Waals surface area contributed by atoms with Crippen LogP contribution in [0.4, 0.5) is 5.95 Å². The van der Waals surface area contributed by atoms with E-state index in [1.807, 2.05) is 35.8 Å². The Morgan fingerprint density at radius 1 is 1.05 bits per heavy atom. The fourth-order valence-corrected chi connectivity index (χ4v) is 2.66. The van der Waals surface area contributed by atoms with E-state index in [1.54, 1.807) is 0 Å². The number of hydrogen-bond acceptors (Lipinski definition) is 3. The van der Waals surface area contributed by atoms with E-state index in [1.165, 1.54) is 11.1 Å². The molecule has 2 aromatic heterocycles. The van der Waals surface area contributed by atoms with Crippen LogP contribution >= 0.6 is 0 Å². The van der Waals surface area contributed by atoms with Crippen LogP contribution in [0.25, 0.3) is 11.2 Å². The highest BCUT2D eigenvalue weighted by atomic mass is 15.2. The second kappa shape index (κ2) is 4.63. The summed E-state index contributed by atoms with van der Waals surface area (Å²) in [4.78, 5) is 9.00. The molecule has 0 spiro atoms. The lowest BCUT2D eigenvalue weighted by molar-refractivity contribution is 0.658. The van der Waals surface area contributed by atoms with Crippen LogP contribution < -0.4 is 5.73 Å². The second-order valence-corrected chi connectivity index (χ2v) is 5.17. The van der Waals surface area contributed by atoms with Gasteiger partial charge in [-0.15, -0.1) is 0 Å². The molecular formula is C16H18N4. The molecule has 0 fully saturated rings. The maximum absolute atomic E-state index is 6.10. The van der Waals surface area contributed by atoms with Crippen molar-refractivity contribution in [3.05, 3.63) is 53.2 Å². The number of aromatic nitrogens is 3. The number of nitrogens with zero attached hydrogens (tertiary/aromatic N) is 3. The Morgan fingerprint density at radius 3 is 2.55 bits per heavy atom. The molecule has 0 bridgehead atoms. The first-order chi connectivity index (χ1) is 9.58. The van der Waals surface area contributed by atoms with Crippen molar-refractivity contribution < 1.29 is 0 Å². The Kier molecular flexibility index (Phi) is 2.93. The number of anilines is 1. The van der Waals surface area contributed by atoms with E-state index in [9.17, 15) is 0 Å². The van der Waals surface area contributed by atoms with Crippen LogP contribution in [0.2, 0.25) is 0 Å². The Balaban J connectivity index is 2.21. The fraction of sp³-hybridized carbons (Fsp3) is 0.250. The number of aryl methyl sites for hydroxylation is 2. The topological polar surface area (TPSA) is 56.7 Å². The third kappa shape index (κ3) is 1.93. The van der Waals surface area contributed by atoms with Crippen LogP contribution in [0.1, 0.15) is 29.8 Å². The summed E-state index contributed by atoms with van der Waals surface area (Å²) >= 11 is 0. The number of rotatable bonds is 2. The van der Waals surface area contributed by atoms with Crippen LogP contribution in [0.15, 0.2) is 36.4 Å². The summed E-state index contributed by atoms with van der Waals surface area (Å²) in [5.41, 5.74) is 11.2. The maximum atomic E-state index is 6.10. The Bertz CT molecular complexity index is 773. The fourth-order valence-electron chi connectivity index (χ4n) is 2.66. The predicted octanol–water partition coefficient (Wildman–Crippen LogP) is 3.24. The van der Waals surface area contributed by atoms with E-state index < -0.39 is 0 Å². The van der Waals surface area contributed by atoms with Gasteiger partial charge < -0.3 is 5.73 Å². The predicted molar refractivity (Wildman–Crippen MR) is 81.7 cm³/mol. The van der Waals surface area contributed by atoms with Gasteiger partial charge in [0.05, 0.1) is 6.04 Å². The minimum Gasteiger partial charge on any atom is -0.369 e. The summed E-state index contributed by atoms with van der Waals surface area (Å²) in [6.45, 7) is 6.22. The third-order valence-corrected chi connectivity index (χ3v) is 3.73. The highest BCUT2D eigenvalue weighted by Gasteiger charge is 2.17. The molecule has 1 atom stereocenters. The number of pyridine rings is 1. The Morgan fingerprint density at radius 2 is 1.80 bits per heavy atom. The highest BCUT2D eigenvalue weighted by Crippen LogP contribution is 2.28. The Labute approximate surface area is 118 Å². The zero-order chi connectivity index (χ0) is 14.3. The zero-order valence-electron chi connectivity index (χ0n) is 12.0. The van der Waals surface area contributed by atoms with Crippen molar-refractivity contribution in [2.45, 2.75) is 26.8 Å². The number of nitrogens with two attached hydrogens (primary N) is 1. The molecular weight excluding hydrogens is 248 g/mol. The molecule has 2 N–H and O–H groups in total. The molecule has 3 aromatic rings. The van der Waals surface area contributed by atoms with Crippen molar-refractivity contribution in [3.8, 4) is 0 Å². The molecule has 0 saturated heterocycles. The van der Waals surface area contributed by atoms with E-state index in [4.69, 9.17) is 5.73 Å². The van der Waals surface area contributed by atoms with E-state index in [2.05, 4.69) is 35.9 Å². The van der Waals surface area contributed by atoms with Crippen LogP contribution in [-0.2, 0) is 0 Å². The van der Waals surface area contributed by atoms with Crippen molar-refractivity contribution >= 4 is 17.1 Å². The summed E-state index contributed by atoms with van der Waals surface area (Å²) in [5, 5.41) is 0. The molecule has 0 saturated carbocycles. The average molecular weight is 266 g/mol. The van der Waals surface area contributed by atoms with Crippen molar-refractivity contribution in [1.29, 1.82) is 0 Å². The SMILES string of the molecule is Cc1ccc2nc(N)n(C(C)c3ccccc3C)c2n1. The van der Waals surface area contributed by atoms with Gasteiger partial charge in [0.2, 0.25) is 5.95 Å². The first-order valence-electron chi connectivity index (χ1n) is 6.74. The van der Waals surface area contributed by atoms with E-state index in [0.717, 1.165) is 16.9 Å². The molecule has 2 heterocycles. The van der Waals surface area contributed by atoms with Gasteiger partial charge in [-0.1, -0.05) is 24.3 Å². The molecule has 102 valence electrons. The summed E-state index contributed by atoms with van der Waals surface area (Å²) in [5.74, 6) is 0.508. The van der Waals surface area contributed by atoms with Gasteiger partial charge in [-0.2, -0.15) is 0 Å².